The summed E-state index contributed by atoms with van der Waals surface area (Å²) >= 11 is 0. The smallest absolute Gasteiger partial charge is 0.332 e. The number of aryl methyl sites for hydroxylation is 1. The highest BCUT2D eigenvalue weighted by molar-refractivity contribution is 5.88. The molecular formula is C13H14N4O2. The number of carbonyl (C=O) groups is 1. The molecule has 0 fully saturated rings. The molecule has 0 spiro atoms. The van der Waals surface area contributed by atoms with Crippen LogP contribution in [-0.4, -0.2) is 27.2 Å². The lowest BCUT2D eigenvalue weighted by atomic mass is 9.87. The molecule has 1 atom stereocenters. The number of carbonyl (C=O) groups excluding carboxylic acids is 1. The molecule has 98 valence electrons. The Balaban J connectivity index is 2.64. The van der Waals surface area contributed by atoms with E-state index in [1.807, 2.05) is 13.0 Å². The zero-order valence-corrected chi connectivity index (χ0v) is 11.0. The third kappa shape index (κ3) is 2.03. The molecule has 0 N–H and O–H groups in total. The van der Waals surface area contributed by atoms with Gasteiger partial charge in [0.1, 0.15) is 0 Å². The maximum Gasteiger partial charge on any atom is 0.332 e. The zero-order chi connectivity index (χ0) is 14.0. The van der Waals surface area contributed by atoms with E-state index in [0.717, 1.165) is 5.69 Å². The van der Waals surface area contributed by atoms with Crippen LogP contribution in [0.5, 0.6) is 0 Å². The first kappa shape index (κ1) is 13.0. The molecule has 0 aromatic carbocycles. The molecule has 2 rings (SSSR count). The lowest BCUT2D eigenvalue weighted by Gasteiger charge is -2.19. The van der Waals surface area contributed by atoms with Gasteiger partial charge in [0.25, 0.3) is 0 Å². The van der Waals surface area contributed by atoms with Crippen LogP contribution >= 0.6 is 0 Å². The number of fused-ring (bicyclic) bond motifs is 1. The average molecular weight is 258 g/mol. The lowest BCUT2D eigenvalue weighted by Crippen LogP contribution is -2.34. The fourth-order valence-corrected chi connectivity index (χ4v) is 1.90. The number of nitriles is 1. The maximum atomic E-state index is 12.0. The van der Waals surface area contributed by atoms with Gasteiger partial charge in [0.2, 0.25) is 0 Å². The first-order valence-electron chi connectivity index (χ1n) is 5.93. The minimum Gasteiger partial charge on any atom is -0.465 e. The van der Waals surface area contributed by atoms with E-state index < -0.39 is 11.4 Å². The molecule has 1 unspecified atom stereocenters. The van der Waals surface area contributed by atoms with E-state index in [-0.39, 0.29) is 6.61 Å². The number of hydrogen-bond acceptors (Lipinski definition) is 5. The summed E-state index contributed by atoms with van der Waals surface area (Å²) in [6, 6.07) is 3.79. The van der Waals surface area contributed by atoms with Crippen LogP contribution in [0.15, 0.2) is 18.5 Å². The van der Waals surface area contributed by atoms with Crippen molar-refractivity contribution in [3.05, 3.63) is 29.8 Å². The zero-order valence-electron chi connectivity index (χ0n) is 11.0. The van der Waals surface area contributed by atoms with Gasteiger partial charge >= 0.3 is 5.97 Å². The van der Waals surface area contributed by atoms with Crippen molar-refractivity contribution < 1.29 is 9.53 Å². The Morgan fingerprint density at radius 2 is 2.37 bits per heavy atom. The van der Waals surface area contributed by atoms with Crippen molar-refractivity contribution in [1.82, 2.24) is 14.6 Å². The van der Waals surface area contributed by atoms with E-state index in [1.54, 1.807) is 23.7 Å². The Kier molecular flexibility index (Phi) is 3.21. The van der Waals surface area contributed by atoms with Crippen LogP contribution in [0, 0.1) is 18.3 Å². The Labute approximate surface area is 110 Å². The van der Waals surface area contributed by atoms with Crippen molar-refractivity contribution in [2.75, 3.05) is 6.61 Å². The molecule has 0 radical (unpaired) electrons. The van der Waals surface area contributed by atoms with E-state index in [2.05, 4.69) is 10.1 Å². The lowest BCUT2D eigenvalue weighted by molar-refractivity contribution is -0.147. The van der Waals surface area contributed by atoms with E-state index in [9.17, 15) is 10.1 Å². The molecule has 0 amide bonds. The first-order valence-corrected chi connectivity index (χ1v) is 5.93. The van der Waals surface area contributed by atoms with Gasteiger partial charge in [0, 0.05) is 12.4 Å². The van der Waals surface area contributed by atoms with Crippen molar-refractivity contribution >= 4 is 11.5 Å². The molecule has 19 heavy (non-hydrogen) atoms. The van der Waals surface area contributed by atoms with Gasteiger partial charge in [-0.2, -0.15) is 10.4 Å². The number of esters is 1. The highest BCUT2D eigenvalue weighted by atomic mass is 16.5. The molecule has 0 aliphatic rings. The van der Waals surface area contributed by atoms with Gasteiger partial charge in [-0.25, -0.2) is 9.31 Å². The van der Waals surface area contributed by atoms with Gasteiger partial charge in [-0.15, -0.1) is 0 Å². The first-order chi connectivity index (χ1) is 9.02. The summed E-state index contributed by atoms with van der Waals surface area (Å²) in [5, 5.41) is 13.6. The van der Waals surface area contributed by atoms with E-state index in [0.29, 0.717) is 11.2 Å². The monoisotopic (exact) mass is 258 g/mol. The van der Waals surface area contributed by atoms with Gasteiger partial charge in [-0.3, -0.25) is 4.98 Å². The second kappa shape index (κ2) is 4.69. The molecule has 0 aliphatic heterocycles. The van der Waals surface area contributed by atoms with Gasteiger partial charge in [-0.05, 0) is 26.8 Å². The van der Waals surface area contributed by atoms with Crippen LogP contribution in [0.1, 0.15) is 25.2 Å². The van der Waals surface area contributed by atoms with Crippen LogP contribution in [0.4, 0.5) is 0 Å². The third-order valence-corrected chi connectivity index (χ3v) is 2.89. The molecule has 0 aliphatic carbocycles. The van der Waals surface area contributed by atoms with E-state index in [1.165, 1.54) is 13.1 Å². The fourth-order valence-electron chi connectivity index (χ4n) is 1.90. The standard InChI is InChI=1S/C13H14N4O2/c1-4-19-12(18)13(3,8-14)11-10-7-9(2)16-17(10)6-5-15-11/h5-7H,4H2,1-3H3. The topological polar surface area (TPSA) is 80.3 Å². The third-order valence-electron chi connectivity index (χ3n) is 2.89. The summed E-state index contributed by atoms with van der Waals surface area (Å²) in [5.41, 5.74) is 0.345. The second-order valence-electron chi connectivity index (χ2n) is 4.35. The fraction of sp³-hybridized carbons (Fsp3) is 0.385. The van der Waals surface area contributed by atoms with Crippen LogP contribution in [0.3, 0.4) is 0 Å². The SMILES string of the molecule is CCOC(=O)C(C)(C#N)c1nccn2nc(C)cc12. The summed E-state index contributed by atoms with van der Waals surface area (Å²) in [7, 11) is 0. The molecule has 6 nitrogen and oxygen atoms in total. The second-order valence-corrected chi connectivity index (χ2v) is 4.35. The van der Waals surface area contributed by atoms with Crippen molar-refractivity contribution in [3.8, 4) is 6.07 Å². The summed E-state index contributed by atoms with van der Waals surface area (Å²) in [6.45, 7) is 5.27. The Hall–Kier alpha value is -2.42. The molecule has 2 aromatic heterocycles. The van der Waals surface area contributed by atoms with Crippen molar-refractivity contribution in [2.45, 2.75) is 26.2 Å². The Bertz CT molecular complexity index is 671. The van der Waals surface area contributed by atoms with Gasteiger partial charge in [-0.1, -0.05) is 0 Å². The molecule has 0 saturated carbocycles. The van der Waals surface area contributed by atoms with E-state index >= 15 is 0 Å². The number of nitrogens with zero attached hydrogens (tertiary/aromatic N) is 4. The number of rotatable bonds is 3. The normalized spacial score (nSPS) is 13.8. The van der Waals surface area contributed by atoms with E-state index in [4.69, 9.17) is 4.74 Å². The van der Waals surface area contributed by atoms with Crippen molar-refractivity contribution in [2.24, 2.45) is 0 Å². The number of hydrogen-bond donors (Lipinski definition) is 0. The van der Waals surface area contributed by atoms with Gasteiger partial charge in [0.15, 0.2) is 5.41 Å². The molecule has 2 heterocycles. The van der Waals surface area contributed by atoms with Gasteiger partial charge in [0.05, 0.1) is 29.6 Å². The summed E-state index contributed by atoms with van der Waals surface area (Å²) in [6.07, 6.45) is 3.19. The van der Waals surface area contributed by atoms with Crippen LogP contribution < -0.4 is 0 Å². The number of ether oxygens (including phenoxy) is 1. The van der Waals surface area contributed by atoms with Crippen LogP contribution in [0.2, 0.25) is 0 Å². The highest BCUT2D eigenvalue weighted by Crippen LogP contribution is 2.27. The maximum absolute atomic E-state index is 12.0. The quantitative estimate of drug-likeness (QED) is 0.777. The average Bonchev–Trinajstić information content (AvgIpc) is 2.77. The predicted octanol–water partition coefficient (Wildman–Crippen LogP) is 1.38. The summed E-state index contributed by atoms with van der Waals surface area (Å²) in [5.74, 6) is -0.600. The van der Waals surface area contributed by atoms with Crippen molar-refractivity contribution in [1.29, 1.82) is 5.26 Å². The van der Waals surface area contributed by atoms with Crippen LogP contribution in [-0.2, 0) is 14.9 Å². The molecule has 2 aromatic rings. The minimum absolute atomic E-state index is 0.220. The minimum atomic E-state index is -1.44. The Morgan fingerprint density at radius 3 is 3.00 bits per heavy atom. The summed E-state index contributed by atoms with van der Waals surface area (Å²) < 4.78 is 6.58. The van der Waals surface area contributed by atoms with Crippen LogP contribution in [0.25, 0.3) is 5.52 Å². The highest BCUT2D eigenvalue weighted by Gasteiger charge is 2.40. The molecule has 6 heteroatoms. The molecule has 0 bridgehead atoms. The molecule has 0 saturated heterocycles. The predicted molar refractivity (Wildman–Crippen MR) is 67.3 cm³/mol. The van der Waals surface area contributed by atoms with Crippen molar-refractivity contribution in [3.63, 3.8) is 0 Å². The largest absolute Gasteiger partial charge is 0.465 e. The number of aromatic nitrogens is 3. The van der Waals surface area contributed by atoms with Gasteiger partial charge < -0.3 is 4.74 Å². The Morgan fingerprint density at radius 1 is 1.63 bits per heavy atom. The molecular weight excluding hydrogens is 244 g/mol. The summed E-state index contributed by atoms with van der Waals surface area (Å²) in [4.78, 5) is 16.2.